The summed E-state index contributed by atoms with van der Waals surface area (Å²) in [7, 11) is 3.05. The molecule has 0 saturated carbocycles. The van der Waals surface area contributed by atoms with E-state index in [1.807, 2.05) is 20.8 Å². The van der Waals surface area contributed by atoms with Crippen LogP contribution in [0.1, 0.15) is 41.5 Å². The lowest BCUT2D eigenvalue weighted by molar-refractivity contribution is 0.0919. The minimum absolute atomic E-state index is 0.261. The zero-order chi connectivity index (χ0) is 19.3. The van der Waals surface area contributed by atoms with E-state index < -0.39 is 5.91 Å². The summed E-state index contributed by atoms with van der Waals surface area (Å²) in [6.07, 6.45) is 2.82. The van der Waals surface area contributed by atoms with Gasteiger partial charge in [0.15, 0.2) is 0 Å². The second kappa shape index (κ2) is 7.86. The number of benzene rings is 1. The van der Waals surface area contributed by atoms with Crippen LogP contribution in [0.3, 0.4) is 0 Å². The molecule has 0 atom stereocenters. The Morgan fingerprint density at radius 1 is 0.962 bits per heavy atom. The molecule has 2 N–H and O–H groups in total. The molecule has 0 aliphatic heterocycles. The monoisotopic (exact) mass is 357 g/mol. The molecule has 0 bridgehead atoms. The maximum Gasteiger partial charge on any atom is 0.257 e. The van der Waals surface area contributed by atoms with Crippen molar-refractivity contribution in [2.45, 2.75) is 26.3 Å². The van der Waals surface area contributed by atoms with E-state index in [1.54, 1.807) is 18.2 Å². The zero-order valence-corrected chi connectivity index (χ0v) is 15.5. The number of pyridine rings is 1. The first kappa shape index (κ1) is 19.2. The van der Waals surface area contributed by atoms with Gasteiger partial charge >= 0.3 is 0 Å². The van der Waals surface area contributed by atoms with Crippen LogP contribution in [-0.4, -0.2) is 36.6 Å². The smallest absolute Gasteiger partial charge is 0.257 e. The van der Waals surface area contributed by atoms with Gasteiger partial charge in [-0.05, 0) is 39.0 Å². The number of amides is 2. The molecular formula is C19H23N3O4. The molecular weight excluding hydrogens is 334 g/mol. The quantitative estimate of drug-likeness (QED) is 0.859. The highest BCUT2D eigenvalue weighted by Crippen LogP contribution is 2.29. The van der Waals surface area contributed by atoms with E-state index in [0.717, 1.165) is 0 Å². The van der Waals surface area contributed by atoms with Crippen molar-refractivity contribution in [2.75, 3.05) is 19.5 Å². The van der Waals surface area contributed by atoms with Crippen LogP contribution in [0, 0.1) is 0 Å². The van der Waals surface area contributed by atoms with Gasteiger partial charge in [0.25, 0.3) is 11.8 Å². The van der Waals surface area contributed by atoms with Crippen molar-refractivity contribution in [1.82, 2.24) is 10.3 Å². The fraction of sp³-hybridized carbons (Fsp3) is 0.316. The van der Waals surface area contributed by atoms with Crippen LogP contribution < -0.4 is 20.1 Å². The van der Waals surface area contributed by atoms with Crippen LogP contribution in [0.25, 0.3) is 0 Å². The van der Waals surface area contributed by atoms with Gasteiger partial charge < -0.3 is 20.1 Å². The van der Waals surface area contributed by atoms with Crippen LogP contribution in [-0.2, 0) is 0 Å². The lowest BCUT2D eigenvalue weighted by atomic mass is 10.1. The Bertz CT molecular complexity index is 813. The molecule has 0 saturated heterocycles. The molecule has 138 valence electrons. The van der Waals surface area contributed by atoms with Gasteiger partial charge in [0.1, 0.15) is 11.5 Å². The number of anilines is 1. The Morgan fingerprint density at radius 2 is 1.62 bits per heavy atom. The molecule has 0 fully saturated rings. The van der Waals surface area contributed by atoms with Gasteiger partial charge in [0.2, 0.25) is 0 Å². The normalized spacial score (nSPS) is 10.8. The molecule has 0 radical (unpaired) electrons. The van der Waals surface area contributed by atoms with E-state index >= 15 is 0 Å². The van der Waals surface area contributed by atoms with Crippen LogP contribution in [0.15, 0.2) is 36.7 Å². The zero-order valence-electron chi connectivity index (χ0n) is 15.5. The van der Waals surface area contributed by atoms with Crippen molar-refractivity contribution < 1.29 is 19.1 Å². The first-order valence-electron chi connectivity index (χ1n) is 8.04. The lowest BCUT2D eigenvalue weighted by Gasteiger charge is -2.20. The van der Waals surface area contributed by atoms with Crippen molar-refractivity contribution in [2.24, 2.45) is 0 Å². The predicted octanol–water partition coefficient (Wildman–Crippen LogP) is 2.88. The number of carbonyl (C=O) groups excluding carboxylic acids is 2. The molecule has 1 heterocycles. The first-order valence-corrected chi connectivity index (χ1v) is 8.04. The van der Waals surface area contributed by atoms with Crippen molar-refractivity contribution in [1.29, 1.82) is 0 Å². The van der Waals surface area contributed by atoms with Gasteiger partial charge in [-0.15, -0.1) is 0 Å². The maximum atomic E-state index is 12.6. The number of hydrogen-bond donors (Lipinski definition) is 2. The molecule has 26 heavy (non-hydrogen) atoms. The van der Waals surface area contributed by atoms with Gasteiger partial charge in [-0.1, -0.05) is 0 Å². The van der Waals surface area contributed by atoms with Gasteiger partial charge in [-0.3, -0.25) is 14.6 Å². The molecule has 1 aromatic carbocycles. The number of carbonyl (C=O) groups is 2. The van der Waals surface area contributed by atoms with E-state index in [0.29, 0.717) is 22.7 Å². The molecule has 2 aromatic rings. The highest BCUT2D eigenvalue weighted by Gasteiger charge is 2.18. The second-order valence-corrected chi connectivity index (χ2v) is 6.69. The summed E-state index contributed by atoms with van der Waals surface area (Å²) < 4.78 is 10.4. The largest absolute Gasteiger partial charge is 0.497 e. The SMILES string of the molecule is COc1ccc(OC)c(NC(=O)c2cncc(C(=O)NC(C)(C)C)c2)c1. The summed E-state index contributed by atoms with van der Waals surface area (Å²) in [5, 5.41) is 5.59. The van der Waals surface area contributed by atoms with Crippen molar-refractivity contribution in [3.8, 4) is 11.5 Å². The molecule has 7 nitrogen and oxygen atoms in total. The fourth-order valence-corrected chi connectivity index (χ4v) is 2.21. The van der Waals surface area contributed by atoms with E-state index in [9.17, 15) is 9.59 Å². The van der Waals surface area contributed by atoms with Crippen molar-refractivity contribution >= 4 is 17.5 Å². The molecule has 7 heteroatoms. The number of hydrogen-bond acceptors (Lipinski definition) is 5. The topological polar surface area (TPSA) is 89.6 Å². The first-order chi connectivity index (χ1) is 12.2. The van der Waals surface area contributed by atoms with Crippen molar-refractivity contribution in [3.05, 3.63) is 47.8 Å². The van der Waals surface area contributed by atoms with Gasteiger partial charge in [-0.25, -0.2) is 0 Å². The average Bonchev–Trinajstić information content (AvgIpc) is 2.60. The molecule has 0 spiro atoms. The summed E-state index contributed by atoms with van der Waals surface area (Å²) in [6.45, 7) is 5.64. The summed E-state index contributed by atoms with van der Waals surface area (Å²) in [4.78, 5) is 28.8. The van der Waals surface area contributed by atoms with E-state index in [1.165, 1.54) is 32.7 Å². The maximum absolute atomic E-state index is 12.6. The number of ether oxygens (including phenoxy) is 2. The van der Waals surface area contributed by atoms with E-state index in [4.69, 9.17) is 9.47 Å². The highest BCUT2D eigenvalue weighted by atomic mass is 16.5. The van der Waals surface area contributed by atoms with Crippen LogP contribution >= 0.6 is 0 Å². The number of rotatable bonds is 5. The van der Waals surface area contributed by atoms with Gasteiger partial charge in [0.05, 0.1) is 31.0 Å². The molecule has 2 amide bonds. The Kier molecular flexibility index (Phi) is 5.82. The number of aromatic nitrogens is 1. The number of nitrogens with zero attached hydrogens (tertiary/aromatic N) is 1. The molecule has 0 unspecified atom stereocenters. The molecule has 2 rings (SSSR count). The third kappa shape index (κ3) is 4.95. The average molecular weight is 357 g/mol. The Hall–Kier alpha value is -3.09. The summed E-state index contributed by atoms with van der Waals surface area (Å²) in [6, 6.07) is 6.57. The summed E-state index contributed by atoms with van der Waals surface area (Å²) in [5.74, 6) is 0.374. The number of nitrogens with one attached hydrogen (secondary N) is 2. The van der Waals surface area contributed by atoms with Gasteiger partial charge in [0, 0.05) is 24.0 Å². The molecule has 0 aliphatic carbocycles. The van der Waals surface area contributed by atoms with Crippen molar-refractivity contribution in [3.63, 3.8) is 0 Å². The van der Waals surface area contributed by atoms with Crippen LogP contribution in [0.5, 0.6) is 11.5 Å². The van der Waals surface area contributed by atoms with Gasteiger partial charge in [-0.2, -0.15) is 0 Å². The molecule has 0 aliphatic rings. The van der Waals surface area contributed by atoms with E-state index in [-0.39, 0.29) is 17.0 Å². The molecule has 1 aromatic heterocycles. The third-order valence-corrected chi connectivity index (χ3v) is 3.41. The summed E-state index contributed by atoms with van der Waals surface area (Å²) in [5.41, 5.74) is 0.645. The van der Waals surface area contributed by atoms with Crippen LogP contribution in [0.4, 0.5) is 5.69 Å². The van der Waals surface area contributed by atoms with Crippen LogP contribution in [0.2, 0.25) is 0 Å². The Morgan fingerprint density at radius 3 is 2.19 bits per heavy atom. The predicted molar refractivity (Wildman–Crippen MR) is 99.0 cm³/mol. The highest BCUT2D eigenvalue weighted by molar-refractivity contribution is 6.06. The Balaban J connectivity index is 2.23. The minimum atomic E-state index is -0.408. The van der Waals surface area contributed by atoms with E-state index in [2.05, 4.69) is 15.6 Å². The fourth-order valence-electron chi connectivity index (χ4n) is 2.21. The number of methoxy groups -OCH3 is 2. The summed E-state index contributed by atoms with van der Waals surface area (Å²) >= 11 is 0. The Labute approximate surface area is 152 Å². The standard InChI is InChI=1S/C19H23N3O4/c1-19(2,3)22-18(24)13-8-12(10-20-11-13)17(23)21-15-9-14(25-4)6-7-16(15)26-5/h6-11H,1-5H3,(H,21,23)(H,22,24). The minimum Gasteiger partial charge on any atom is -0.497 e. The third-order valence-electron chi connectivity index (χ3n) is 3.41. The lowest BCUT2D eigenvalue weighted by Crippen LogP contribution is -2.40. The second-order valence-electron chi connectivity index (χ2n) is 6.69.